The van der Waals surface area contributed by atoms with E-state index in [-0.39, 0.29) is 36.7 Å². The second-order valence-electron chi connectivity index (χ2n) is 5.28. The number of hydrogen-bond acceptors (Lipinski definition) is 5. The van der Waals surface area contributed by atoms with E-state index in [2.05, 4.69) is 20.8 Å². The van der Waals surface area contributed by atoms with Gasteiger partial charge in [0.15, 0.2) is 5.82 Å². The van der Waals surface area contributed by atoms with Gasteiger partial charge in [-0.3, -0.25) is 4.79 Å². The molecular formula is C15H18ClFN4O2. The van der Waals surface area contributed by atoms with E-state index < -0.39 is 0 Å². The minimum atomic E-state index is -0.294. The van der Waals surface area contributed by atoms with Crippen molar-refractivity contribution in [3.8, 4) is 0 Å². The minimum absolute atomic E-state index is 0. The first-order valence-electron chi connectivity index (χ1n) is 7.28. The van der Waals surface area contributed by atoms with E-state index in [0.29, 0.717) is 18.1 Å². The first-order valence-corrected chi connectivity index (χ1v) is 7.28. The van der Waals surface area contributed by atoms with Gasteiger partial charge in [0.05, 0.1) is 12.6 Å². The molecule has 1 amide bonds. The number of halogens is 2. The number of amides is 1. The van der Waals surface area contributed by atoms with Crippen molar-refractivity contribution in [2.45, 2.75) is 31.8 Å². The van der Waals surface area contributed by atoms with Crippen LogP contribution in [-0.4, -0.2) is 28.6 Å². The van der Waals surface area contributed by atoms with Gasteiger partial charge in [-0.05, 0) is 37.1 Å². The predicted molar refractivity (Wildman–Crippen MR) is 83.6 cm³/mol. The summed E-state index contributed by atoms with van der Waals surface area (Å²) in [5.74, 6) is 0.464. The summed E-state index contributed by atoms with van der Waals surface area (Å²) in [6.45, 7) is 1.07. The van der Waals surface area contributed by atoms with Crippen molar-refractivity contribution in [1.82, 2.24) is 20.8 Å². The van der Waals surface area contributed by atoms with Gasteiger partial charge in [0.1, 0.15) is 5.82 Å². The van der Waals surface area contributed by atoms with Crippen LogP contribution in [0.3, 0.4) is 0 Å². The number of hydrogen-bond donors (Lipinski definition) is 2. The standard InChI is InChI=1S/C15H17FN4O2.ClH/c16-11-4-1-3-10(7-11)8-13-19-14(22-20-13)9-18-15(21)12-5-2-6-17-12;/h1,3-4,7,12,17H,2,5-6,8-9H2,(H,18,21);1H. The van der Waals surface area contributed by atoms with E-state index >= 15 is 0 Å². The monoisotopic (exact) mass is 340 g/mol. The van der Waals surface area contributed by atoms with Gasteiger partial charge in [-0.2, -0.15) is 4.98 Å². The number of rotatable bonds is 5. The molecule has 6 nitrogen and oxygen atoms in total. The Bertz CT molecular complexity index is 658. The lowest BCUT2D eigenvalue weighted by atomic mass is 10.1. The molecule has 3 rings (SSSR count). The van der Waals surface area contributed by atoms with Gasteiger partial charge in [-0.1, -0.05) is 17.3 Å². The summed E-state index contributed by atoms with van der Waals surface area (Å²) < 4.78 is 18.2. The molecule has 1 aliphatic rings. The van der Waals surface area contributed by atoms with Crippen molar-refractivity contribution in [2.24, 2.45) is 0 Å². The van der Waals surface area contributed by atoms with Gasteiger partial charge < -0.3 is 15.2 Å². The Balaban J connectivity index is 0.00000192. The lowest BCUT2D eigenvalue weighted by Crippen LogP contribution is -2.40. The summed E-state index contributed by atoms with van der Waals surface area (Å²) in [6.07, 6.45) is 2.25. The fourth-order valence-electron chi connectivity index (χ4n) is 2.46. The van der Waals surface area contributed by atoms with Crippen LogP contribution in [0.2, 0.25) is 0 Å². The molecule has 0 saturated carbocycles. The molecule has 124 valence electrons. The summed E-state index contributed by atoms with van der Waals surface area (Å²) in [7, 11) is 0. The van der Waals surface area contributed by atoms with Crippen molar-refractivity contribution in [2.75, 3.05) is 6.54 Å². The first-order chi connectivity index (χ1) is 10.7. The second-order valence-corrected chi connectivity index (χ2v) is 5.28. The molecule has 2 N–H and O–H groups in total. The van der Waals surface area contributed by atoms with Gasteiger partial charge in [0, 0.05) is 6.42 Å². The van der Waals surface area contributed by atoms with Gasteiger partial charge >= 0.3 is 0 Å². The molecule has 1 fully saturated rings. The zero-order valence-electron chi connectivity index (χ0n) is 12.4. The number of aromatic nitrogens is 2. The molecule has 2 aromatic rings. The smallest absolute Gasteiger partial charge is 0.246 e. The van der Waals surface area contributed by atoms with Crippen molar-refractivity contribution in [3.63, 3.8) is 0 Å². The summed E-state index contributed by atoms with van der Waals surface area (Å²) in [5.41, 5.74) is 0.770. The topological polar surface area (TPSA) is 80.1 Å². The Morgan fingerprint density at radius 2 is 2.35 bits per heavy atom. The molecule has 1 aromatic heterocycles. The average molecular weight is 341 g/mol. The summed E-state index contributed by atoms with van der Waals surface area (Å²) in [4.78, 5) is 16.0. The van der Waals surface area contributed by atoms with Crippen LogP contribution in [0.15, 0.2) is 28.8 Å². The minimum Gasteiger partial charge on any atom is -0.346 e. The van der Waals surface area contributed by atoms with E-state index in [4.69, 9.17) is 4.52 Å². The zero-order chi connectivity index (χ0) is 15.4. The SMILES string of the molecule is Cl.O=C(NCc1nc(Cc2cccc(F)c2)no1)C1CCCN1. The van der Waals surface area contributed by atoms with Crippen LogP contribution < -0.4 is 10.6 Å². The zero-order valence-corrected chi connectivity index (χ0v) is 13.2. The number of nitrogens with zero attached hydrogens (tertiary/aromatic N) is 2. The quantitative estimate of drug-likeness (QED) is 0.864. The maximum absolute atomic E-state index is 13.1. The Morgan fingerprint density at radius 1 is 1.48 bits per heavy atom. The fourth-order valence-corrected chi connectivity index (χ4v) is 2.46. The molecule has 0 bridgehead atoms. The molecular weight excluding hydrogens is 323 g/mol. The highest BCUT2D eigenvalue weighted by Crippen LogP contribution is 2.09. The molecule has 1 atom stereocenters. The van der Waals surface area contributed by atoms with Crippen molar-refractivity contribution < 1.29 is 13.7 Å². The maximum atomic E-state index is 13.1. The van der Waals surface area contributed by atoms with E-state index in [1.807, 2.05) is 0 Å². The molecule has 8 heteroatoms. The molecule has 1 unspecified atom stereocenters. The van der Waals surface area contributed by atoms with Crippen LogP contribution in [-0.2, 0) is 17.8 Å². The summed E-state index contributed by atoms with van der Waals surface area (Å²) in [6, 6.07) is 6.13. The lowest BCUT2D eigenvalue weighted by Gasteiger charge is -2.08. The Kier molecular flexibility index (Phi) is 6.06. The van der Waals surface area contributed by atoms with E-state index in [1.54, 1.807) is 12.1 Å². The van der Waals surface area contributed by atoms with E-state index in [0.717, 1.165) is 24.9 Å². The fraction of sp³-hybridized carbons (Fsp3) is 0.400. The molecule has 0 spiro atoms. The van der Waals surface area contributed by atoms with Crippen molar-refractivity contribution in [3.05, 3.63) is 47.4 Å². The Morgan fingerprint density at radius 3 is 3.09 bits per heavy atom. The highest BCUT2D eigenvalue weighted by molar-refractivity contribution is 5.85. The molecule has 1 saturated heterocycles. The van der Waals surface area contributed by atoms with Crippen LogP contribution in [0.1, 0.15) is 30.1 Å². The third kappa shape index (κ3) is 4.74. The third-order valence-corrected chi connectivity index (χ3v) is 3.55. The molecule has 0 aliphatic carbocycles. The van der Waals surface area contributed by atoms with Gasteiger partial charge in [0.2, 0.25) is 11.8 Å². The Hall–Kier alpha value is -1.99. The molecule has 0 radical (unpaired) electrons. The van der Waals surface area contributed by atoms with Crippen LogP contribution in [0.25, 0.3) is 0 Å². The largest absolute Gasteiger partial charge is 0.346 e. The lowest BCUT2D eigenvalue weighted by molar-refractivity contribution is -0.123. The number of carbonyl (C=O) groups is 1. The summed E-state index contributed by atoms with van der Waals surface area (Å²) >= 11 is 0. The van der Waals surface area contributed by atoms with Crippen LogP contribution >= 0.6 is 12.4 Å². The molecule has 2 heterocycles. The van der Waals surface area contributed by atoms with Gasteiger partial charge in [0.25, 0.3) is 0 Å². The molecule has 1 aliphatic heterocycles. The number of carbonyl (C=O) groups excluding carboxylic acids is 1. The third-order valence-electron chi connectivity index (χ3n) is 3.55. The number of nitrogens with one attached hydrogen (secondary N) is 2. The van der Waals surface area contributed by atoms with Crippen molar-refractivity contribution in [1.29, 1.82) is 0 Å². The van der Waals surface area contributed by atoms with Gasteiger partial charge in [-0.25, -0.2) is 4.39 Å². The van der Waals surface area contributed by atoms with Gasteiger partial charge in [-0.15, -0.1) is 12.4 Å². The van der Waals surface area contributed by atoms with E-state index in [9.17, 15) is 9.18 Å². The molecule has 23 heavy (non-hydrogen) atoms. The van der Waals surface area contributed by atoms with E-state index in [1.165, 1.54) is 12.1 Å². The molecule has 1 aromatic carbocycles. The summed E-state index contributed by atoms with van der Waals surface area (Å²) in [5, 5.41) is 9.73. The van der Waals surface area contributed by atoms with Crippen LogP contribution in [0.4, 0.5) is 4.39 Å². The predicted octanol–water partition coefficient (Wildman–Crippen LogP) is 1.59. The first kappa shape index (κ1) is 17.4. The van der Waals surface area contributed by atoms with Crippen LogP contribution in [0.5, 0.6) is 0 Å². The highest BCUT2D eigenvalue weighted by Gasteiger charge is 2.22. The second kappa shape index (κ2) is 8.03. The highest BCUT2D eigenvalue weighted by atomic mass is 35.5. The normalized spacial score (nSPS) is 16.8. The number of benzene rings is 1. The average Bonchev–Trinajstić information content (AvgIpc) is 3.16. The van der Waals surface area contributed by atoms with Crippen molar-refractivity contribution >= 4 is 18.3 Å². The van der Waals surface area contributed by atoms with Crippen LogP contribution in [0, 0.1) is 5.82 Å². The maximum Gasteiger partial charge on any atom is 0.246 e. The Labute approximate surface area is 139 Å².